The number of rotatable bonds is 6. The molecule has 0 unspecified atom stereocenters. The van der Waals surface area contributed by atoms with Crippen LogP contribution < -0.4 is 20.9 Å². The number of hydrogen-bond acceptors (Lipinski definition) is 4. The molecule has 0 fully saturated rings. The van der Waals surface area contributed by atoms with E-state index in [9.17, 15) is 18.8 Å². The van der Waals surface area contributed by atoms with E-state index < -0.39 is 23.5 Å². The first-order chi connectivity index (χ1) is 12.5. The molecule has 26 heavy (non-hydrogen) atoms. The lowest BCUT2D eigenvalue weighted by Gasteiger charge is -2.09. The molecular weight excluding hydrogens is 341 g/mol. The first-order valence-electron chi connectivity index (χ1n) is 7.85. The summed E-state index contributed by atoms with van der Waals surface area (Å²) in [5.74, 6) is -1.48. The van der Waals surface area contributed by atoms with Crippen LogP contribution in [0.4, 0.5) is 4.39 Å². The van der Waals surface area contributed by atoms with Crippen molar-refractivity contribution in [2.24, 2.45) is 0 Å². The van der Waals surface area contributed by atoms with Crippen LogP contribution in [0.2, 0.25) is 0 Å². The fraction of sp³-hybridized carbons (Fsp3) is 0.167. The van der Waals surface area contributed by atoms with Crippen molar-refractivity contribution >= 4 is 17.7 Å². The van der Waals surface area contributed by atoms with Crippen LogP contribution in [0.3, 0.4) is 0 Å². The summed E-state index contributed by atoms with van der Waals surface area (Å²) < 4.78 is 18.1. The van der Waals surface area contributed by atoms with E-state index in [-0.39, 0.29) is 12.1 Å². The highest BCUT2D eigenvalue weighted by atomic mass is 19.1. The van der Waals surface area contributed by atoms with Gasteiger partial charge in [0, 0.05) is 11.1 Å². The molecular formula is C18H18FN3O4. The molecule has 2 aromatic carbocycles. The molecule has 0 aliphatic carbocycles. The van der Waals surface area contributed by atoms with Crippen molar-refractivity contribution in [2.45, 2.75) is 6.92 Å². The summed E-state index contributed by atoms with van der Waals surface area (Å²) in [7, 11) is 0. The summed E-state index contributed by atoms with van der Waals surface area (Å²) >= 11 is 0. The highest BCUT2D eigenvalue weighted by Gasteiger charge is 2.10. The lowest BCUT2D eigenvalue weighted by Crippen LogP contribution is -2.46. The molecule has 0 bridgehead atoms. The van der Waals surface area contributed by atoms with Crippen LogP contribution in [0, 0.1) is 5.82 Å². The van der Waals surface area contributed by atoms with Gasteiger partial charge in [0.2, 0.25) is 0 Å². The second-order valence-corrected chi connectivity index (χ2v) is 5.15. The molecule has 0 radical (unpaired) electrons. The minimum atomic E-state index is -0.611. The molecule has 0 saturated carbocycles. The summed E-state index contributed by atoms with van der Waals surface area (Å²) in [5, 5.41) is 2.36. The monoisotopic (exact) mass is 359 g/mol. The van der Waals surface area contributed by atoms with E-state index in [1.54, 1.807) is 24.3 Å². The van der Waals surface area contributed by atoms with E-state index in [1.165, 1.54) is 12.1 Å². The normalized spacial score (nSPS) is 9.92. The van der Waals surface area contributed by atoms with Gasteiger partial charge in [-0.2, -0.15) is 0 Å². The molecule has 0 aliphatic rings. The Morgan fingerprint density at radius 3 is 2.08 bits per heavy atom. The number of carbonyl (C=O) groups is 3. The molecule has 136 valence electrons. The summed E-state index contributed by atoms with van der Waals surface area (Å²) in [6.45, 7) is 2.02. The number of nitrogens with one attached hydrogen (secondary N) is 3. The lowest BCUT2D eigenvalue weighted by atomic mass is 10.2. The minimum Gasteiger partial charge on any atom is -0.494 e. The number of hydrogen-bond donors (Lipinski definition) is 3. The zero-order valence-corrected chi connectivity index (χ0v) is 14.0. The summed E-state index contributed by atoms with van der Waals surface area (Å²) in [6.07, 6.45) is 0. The standard InChI is InChI=1S/C18H18FN3O4/c1-2-26-15-9-5-13(6-10-15)18(25)22-21-16(23)11-20-17(24)12-3-7-14(19)8-4-12/h3-10H,2,11H2,1H3,(H,20,24)(H,21,23)(H,22,25). The Bertz CT molecular complexity index is 776. The highest BCUT2D eigenvalue weighted by Crippen LogP contribution is 2.11. The number of ether oxygens (including phenoxy) is 1. The Hall–Kier alpha value is -3.42. The predicted octanol–water partition coefficient (Wildman–Crippen LogP) is 1.42. The van der Waals surface area contributed by atoms with Gasteiger partial charge in [0.15, 0.2) is 0 Å². The fourth-order valence-electron chi connectivity index (χ4n) is 1.98. The third kappa shape index (κ3) is 5.59. The average molecular weight is 359 g/mol. The molecule has 3 N–H and O–H groups in total. The van der Waals surface area contributed by atoms with Crippen LogP contribution in [0.1, 0.15) is 27.6 Å². The maximum atomic E-state index is 12.8. The molecule has 0 spiro atoms. The highest BCUT2D eigenvalue weighted by molar-refractivity contribution is 5.98. The largest absolute Gasteiger partial charge is 0.494 e. The molecule has 0 heterocycles. The van der Waals surface area contributed by atoms with Crippen molar-refractivity contribution in [3.05, 3.63) is 65.5 Å². The Balaban J connectivity index is 1.76. The van der Waals surface area contributed by atoms with Crippen molar-refractivity contribution in [1.82, 2.24) is 16.2 Å². The first kappa shape index (κ1) is 18.9. The Morgan fingerprint density at radius 1 is 0.885 bits per heavy atom. The SMILES string of the molecule is CCOc1ccc(C(=O)NNC(=O)CNC(=O)c2ccc(F)cc2)cc1. The average Bonchev–Trinajstić information content (AvgIpc) is 2.65. The van der Waals surface area contributed by atoms with Crippen LogP contribution in [-0.4, -0.2) is 30.9 Å². The third-order valence-electron chi connectivity index (χ3n) is 3.26. The van der Waals surface area contributed by atoms with Gasteiger partial charge in [-0.05, 0) is 55.5 Å². The fourth-order valence-corrected chi connectivity index (χ4v) is 1.98. The van der Waals surface area contributed by atoms with Crippen molar-refractivity contribution < 1.29 is 23.5 Å². The van der Waals surface area contributed by atoms with E-state index in [0.717, 1.165) is 12.1 Å². The molecule has 3 amide bonds. The van der Waals surface area contributed by atoms with Gasteiger partial charge in [0.25, 0.3) is 17.7 Å². The predicted molar refractivity (Wildman–Crippen MR) is 92.0 cm³/mol. The smallest absolute Gasteiger partial charge is 0.269 e. The van der Waals surface area contributed by atoms with Gasteiger partial charge in [-0.15, -0.1) is 0 Å². The maximum absolute atomic E-state index is 12.8. The molecule has 0 aliphatic heterocycles. The number of hydrazine groups is 1. The van der Waals surface area contributed by atoms with Gasteiger partial charge in [0.05, 0.1) is 13.2 Å². The van der Waals surface area contributed by atoms with Crippen LogP contribution >= 0.6 is 0 Å². The van der Waals surface area contributed by atoms with Gasteiger partial charge >= 0.3 is 0 Å². The van der Waals surface area contributed by atoms with Crippen molar-refractivity contribution in [2.75, 3.05) is 13.2 Å². The molecule has 2 aromatic rings. The summed E-state index contributed by atoms with van der Waals surface area (Å²) in [6, 6.07) is 11.3. The molecule has 0 aromatic heterocycles. The quantitative estimate of drug-likeness (QED) is 0.680. The van der Waals surface area contributed by atoms with E-state index >= 15 is 0 Å². The third-order valence-corrected chi connectivity index (χ3v) is 3.26. The van der Waals surface area contributed by atoms with Crippen LogP contribution in [-0.2, 0) is 4.79 Å². The molecule has 8 heteroatoms. The Kier molecular flexibility index (Phi) is 6.67. The Labute approximate surface area is 149 Å². The maximum Gasteiger partial charge on any atom is 0.269 e. The molecule has 2 rings (SSSR count). The number of amides is 3. The number of benzene rings is 2. The van der Waals surface area contributed by atoms with Gasteiger partial charge < -0.3 is 10.1 Å². The van der Waals surface area contributed by atoms with E-state index in [4.69, 9.17) is 4.74 Å². The topological polar surface area (TPSA) is 96.5 Å². The number of carbonyl (C=O) groups excluding carboxylic acids is 3. The van der Waals surface area contributed by atoms with Crippen molar-refractivity contribution in [1.29, 1.82) is 0 Å². The van der Waals surface area contributed by atoms with Gasteiger partial charge in [0.1, 0.15) is 11.6 Å². The van der Waals surface area contributed by atoms with E-state index in [0.29, 0.717) is 17.9 Å². The van der Waals surface area contributed by atoms with Crippen molar-refractivity contribution in [3.63, 3.8) is 0 Å². The van der Waals surface area contributed by atoms with E-state index in [1.807, 2.05) is 6.92 Å². The second kappa shape index (κ2) is 9.16. The molecule has 7 nitrogen and oxygen atoms in total. The van der Waals surface area contributed by atoms with Crippen molar-refractivity contribution in [3.8, 4) is 5.75 Å². The van der Waals surface area contributed by atoms with Gasteiger partial charge in [-0.3, -0.25) is 25.2 Å². The molecule has 0 atom stereocenters. The minimum absolute atomic E-state index is 0.220. The van der Waals surface area contributed by atoms with E-state index in [2.05, 4.69) is 16.2 Å². The molecule has 0 saturated heterocycles. The van der Waals surface area contributed by atoms with Crippen LogP contribution in [0.15, 0.2) is 48.5 Å². The van der Waals surface area contributed by atoms with Gasteiger partial charge in [-0.25, -0.2) is 4.39 Å². The summed E-state index contributed by atoms with van der Waals surface area (Å²) in [5.41, 5.74) is 4.99. The summed E-state index contributed by atoms with van der Waals surface area (Å²) in [4.78, 5) is 35.4. The second-order valence-electron chi connectivity index (χ2n) is 5.15. The lowest BCUT2D eigenvalue weighted by molar-refractivity contribution is -0.120. The first-order valence-corrected chi connectivity index (χ1v) is 7.85. The zero-order chi connectivity index (χ0) is 18.9. The van der Waals surface area contributed by atoms with Crippen LogP contribution in [0.5, 0.6) is 5.75 Å². The van der Waals surface area contributed by atoms with Crippen LogP contribution in [0.25, 0.3) is 0 Å². The zero-order valence-electron chi connectivity index (χ0n) is 14.0. The number of halogens is 1. The van der Waals surface area contributed by atoms with Gasteiger partial charge in [-0.1, -0.05) is 0 Å². The Morgan fingerprint density at radius 2 is 1.46 bits per heavy atom.